The first kappa shape index (κ1) is 12.5. The number of anilines is 1. The molecule has 1 atom stereocenters. The van der Waals surface area contributed by atoms with E-state index in [4.69, 9.17) is 5.73 Å². The van der Waals surface area contributed by atoms with Crippen molar-refractivity contribution in [2.24, 2.45) is 11.8 Å². The Bertz CT molecular complexity index is 458. The molecule has 1 aromatic heterocycles. The van der Waals surface area contributed by atoms with Crippen LogP contribution in [0.5, 0.6) is 0 Å². The Hall–Kier alpha value is -1.52. The van der Waals surface area contributed by atoms with Crippen molar-refractivity contribution in [3.8, 4) is 0 Å². The molecular weight excluding hydrogens is 240 g/mol. The van der Waals surface area contributed by atoms with Crippen molar-refractivity contribution in [2.45, 2.75) is 38.6 Å². The molecule has 2 heterocycles. The topological polar surface area (TPSA) is 64.2 Å². The van der Waals surface area contributed by atoms with Crippen LogP contribution < -0.4 is 5.73 Å². The van der Waals surface area contributed by atoms with Crippen LogP contribution in [-0.2, 0) is 4.79 Å². The van der Waals surface area contributed by atoms with Crippen molar-refractivity contribution in [2.75, 3.05) is 18.8 Å². The molecule has 0 aromatic carbocycles. The highest BCUT2D eigenvalue weighted by Gasteiger charge is 2.36. The van der Waals surface area contributed by atoms with Crippen LogP contribution in [0.2, 0.25) is 0 Å². The molecule has 1 unspecified atom stereocenters. The van der Waals surface area contributed by atoms with Gasteiger partial charge in [0.05, 0.1) is 6.04 Å². The summed E-state index contributed by atoms with van der Waals surface area (Å²) in [6.07, 6.45) is 6.35. The molecule has 1 amide bonds. The summed E-state index contributed by atoms with van der Waals surface area (Å²) in [6.45, 7) is 3.78. The standard InChI is InChI=1S/C14H22N4O/c1-10(11-2-3-11)14(19)17-7-4-12(5-8-17)18-9-6-13(15)16-18/h6,9-12H,2-5,7-8H2,1H3,(H2,15,16). The van der Waals surface area contributed by atoms with Crippen LogP contribution in [-0.4, -0.2) is 33.7 Å². The maximum Gasteiger partial charge on any atom is 0.225 e. The molecule has 5 heteroatoms. The number of hydrogen-bond donors (Lipinski definition) is 1. The van der Waals surface area contributed by atoms with E-state index in [0.717, 1.165) is 25.9 Å². The van der Waals surface area contributed by atoms with Crippen molar-refractivity contribution >= 4 is 11.7 Å². The zero-order chi connectivity index (χ0) is 13.4. The lowest BCUT2D eigenvalue weighted by Gasteiger charge is -2.33. The monoisotopic (exact) mass is 262 g/mol. The molecule has 2 N–H and O–H groups in total. The highest BCUT2D eigenvalue weighted by molar-refractivity contribution is 5.79. The third-order valence-electron chi connectivity index (χ3n) is 4.50. The number of carbonyl (C=O) groups excluding carboxylic acids is 1. The maximum atomic E-state index is 12.3. The van der Waals surface area contributed by atoms with E-state index in [-0.39, 0.29) is 5.92 Å². The van der Waals surface area contributed by atoms with E-state index < -0.39 is 0 Å². The minimum absolute atomic E-state index is 0.219. The third-order valence-corrected chi connectivity index (χ3v) is 4.50. The average Bonchev–Trinajstić information content (AvgIpc) is 3.19. The van der Waals surface area contributed by atoms with Crippen LogP contribution in [0.1, 0.15) is 38.6 Å². The first-order valence-corrected chi connectivity index (χ1v) is 7.24. The normalized spacial score (nSPS) is 22.5. The molecule has 2 fully saturated rings. The number of piperidine rings is 1. The SMILES string of the molecule is CC(C(=O)N1CCC(n2ccc(N)n2)CC1)C1CC1. The maximum absolute atomic E-state index is 12.3. The third kappa shape index (κ3) is 2.60. The molecule has 3 rings (SSSR count). The van der Waals surface area contributed by atoms with Crippen LogP contribution in [0.4, 0.5) is 5.82 Å². The second kappa shape index (κ2) is 4.87. The van der Waals surface area contributed by atoms with Gasteiger partial charge in [0.25, 0.3) is 0 Å². The Balaban J connectivity index is 1.55. The zero-order valence-corrected chi connectivity index (χ0v) is 11.5. The van der Waals surface area contributed by atoms with E-state index in [1.807, 2.05) is 21.8 Å². The minimum Gasteiger partial charge on any atom is -0.382 e. The number of likely N-dealkylation sites (tertiary alicyclic amines) is 1. The van der Waals surface area contributed by atoms with Crippen LogP contribution in [0, 0.1) is 11.8 Å². The molecule has 2 aliphatic rings. The molecule has 104 valence electrons. The Kier molecular flexibility index (Phi) is 3.21. The average molecular weight is 262 g/mol. The van der Waals surface area contributed by atoms with E-state index in [1.54, 1.807) is 0 Å². The van der Waals surface area contributed by atoms with Gasteiger partial charge >= 0.3 is 0 Å². The summed E-state index contributed by atoms with van der Waals surface area (Å²) in [4.78, 5) is 14.3. The number of amides is 1. The summed E-state index contributed by atoms with van der Waals surface area (Å²) in [7, 11) is 0. The molecule has 5 nitrogen and oxygen atoms in total. The van der Waals surface area contributed by atoms with E-state index in [1.165, 1.54) is 12.8 Å². The number of nitrogen functional groups attached to an aromatic ring is 1. The van der Waals surface area contributed by atoms with Crippen molar-refractivity contribution in [3.05, 3.63) is 12.3 Å². The Morgan fingerprint density at radius 1 is 1.37 bits per heavy atom. The fraction of sp³-hybridized carbons (Fsp3) is 0.714. The van der Waals surface area contributed by atoms with E-state index in [9.17, 15) is 4.79 Å². The van der Waals surface area contributed by atoms with Gasteiger partial charge in [0.1, 0.15) is 5.82 Å². The van der Waals surface area contributed by atoms with Gasteiger partial charge in [-0.3, -0.25) is 9.48 Å². The van der Waals surface area contributed by atoms with E-state index in [2.05, 4.69) is 12.0 Å². The summed E-state index contributed by atoms with van der Waals surface area (Å²) >= 11 is 0. The second-order valence-electron chi connectivity index (χ2n) is 5.90. The molecule has 1 saturated heterocycles. The molecule has 0 spiro atoms. The summed E-state index contributed by atoms with van der Waals surface area (Å²) in [5.74, 6) is 1.79. The van der Waals surface area contributed by atoms with E-state index in [0.29, 0.717) is 23.7 Å². The predicted molar refractivity (Wildman–Crippen MR) is 73.4 cm³/mol. The van der Waals surface area contributed by atoms with Gasteiger partial charge in [-0.15, -0.1) is 0 Å². The first-order valence-electron chi connectivity index (χ1n) is 7.24. The van der Waals surface area contributed by atoms with Gasteiger partial charge in [0.2, 0.25) is 5.91 Å². The largest absolute Gasteiger partial charge is 0.382 e. The van der Waals surface area contributed by atoms with Gasteiger partial charge in [-0.2, -0.15) is 5.10 Å². The van der Waals surface area contributed by atoms with E-state index >= 15 is 0 Å². The number of hydrogen-bond acceptors (Lipinski definition) is 3. The first-order chi connectivity index (χ1) is 9.15. The number of nitrogens with zero attached hydrogens (tertiary/aromatic N) is 3. The van der Waals surface area contributed by atoms with Crippen molar-refractivity contribution in [3.63, 3.8) is 0 Å². The molecule has 0 bridgehead atoms. The Morgan fingerprint density at radius 2 is 2.05 bits per heavy atom. The van der Waals surface area contributed by atoms with Gasteiger partial charge in [-0.05, 0) is 37.7 Å². The number of aromatic nitrogens is 2. The lowest BCUT2D eigenvalue weighted by atomic mass is 10.0. The Labute approximate surface area is 113 Å². The van der Waals surface area contributed by atoms with Crippen molar-refractivity contribution in [1.29, 1.82) is 0 Å². The van der Waals surface area contributed by atoms with Crippen LogP contribution in [0.15, 0.2) is 12.3 Å². The molecule has 1 aliphatic heterocycles. The molecule has 0 radical (unpaired) electrons. The summed E-state index contributed by atoms with van der Waals surface area (Å²) in [5, 5.41) is 4.27. The zero-order valence-electron chi connectivity index (χ0n) is 11.5. The van der Waals surface area contributed by atoms with Crippen molar-refractivity contribution < 1.29 is 4.79 Å². The highest BCUT2D eigenvalue weighted by atomic mass is 16.2. The summed E-state index contributed by atoms with van der Waals surface area (Å²) in [6, 6.07) is 2.21. The van der Waals surface area contributed by atoms with Gasteiger partial charge < -0.3 is 10.6 Å². The molecule has 1 aromatic rings. The number of nitrogens with two attached hydrogens (primary N) is 1. The molecular formula is C14H22N4O. The minimum atomic E-state index is 0.219. The number of rotatable bonds is 3. The second-order valence-corrected chi connectivity index (χ2v) is 5.90. The highest BCUT2D eigenvalue weighted by Crippen LogP contribution is 2.38. The molecule has 1 saturated carbocycles. The van der Waals surface area contributed by atoms with Crippen LogP contribution >= 0.6 is 0 Å². The van der Waals surface area contributed by atoms with Gasteiger partial charge in [-0.1, -0.05) is 6.92 Å². The van der Waals surface area contributed by atoms with Crippen LogP contribution in [0.25, 0.3) is 0 Å². The molecule has 19 heavy (non-hydrogen) atoms. The number of carbonyl (C=O) groups is 1. The lowest BCUT2D eigenvalue weighted by molar-refractivity contribution is -0.137. The van der Waals surface area contributed by atoms with Crippen molar-refractivity contribution in [1.82, 2.24) is 14.7 Å². The molecule has 1 aliphatic carbocycles. The van der Waals surface area contributed by atoms with Crippen LogP contribution in [0.3, 0.4) is 0 Å². The predicted octanol–water partition coefficient (Wildman–Crippen LogP) is 1.67. The fourth-order valence-corrected chi connectivity index (χ4v) is 2.99. The summed E-state index contributed by atoms with van der Waals surface area (Å²) in [5.41, 5.74) is 5.64. The Morgan fingerprint density at radius 3 is 2.58 bits per heavy atom. The van der Waals surface area contributed by atoms with Gasteiger partial charge in [0.15, 0.2) is 0 Å². The summed E-state index contributed by atoms with van der Waals surface area (Å²) < 4.78 is 1.95. The van der Waals surface area contributed by atoms with Gasteiger partial charge in [0, 0.05) is 25.2 Å². The fourth-order valence-electron chi connectivity index (χ4n) is 2.99. The lowest BCUT2D eigenvalue weighted by Crippen LogP contribution is -2.42. The van der Waals surface area contributed by atoms with Gasteiger partial charge in [-0.25, -0.2) is 0 Å². The quantitative estimate of drug-likeness (QED) is 0.901. The smallest absolute Gasteiger partial charge is 0.225 e.